The summed E-state index contributed by atoms with van der Waals surface area (Å²) in [7, 11) is 3.12. The third-order valence-corrected chi connectivity index (χ3v) is 10.8. The molecule has 0 saturated carbocycles. The van der Waals surface area contributed by atoms with Gasteiger partial charge in [0.1, 0.15) is 34.9 Å². The maximum absolute atomic E-state index is 14.0. The van der Waals surface area contributed by atoms with Gasteiger partial charge in [-0.25, -0.2) is 4.79 Å². The summed E-state index contributed by atoms with van der Waals surface area (Å²) in [5.41, 5.74) is 5.31. The first-order chi connectivity index (χ1) is 24.2. The average molecular weight is 713 g/mol. The molecule has 3 aromatic rings. The lowest BCUT2D eigenvalue weighted by Crippen LogP contribution is -2.63. The predicted molar refractivity (Wildman–Crippen MR) is 188 cm³/mol. The second-order valence-electron chi connectivity index (χ2n) is 13.5. The van der Waals surface area contributed by atoms with E-state index in [-0.39, 0.29) is 36.5 Å². The molecule has 0 saturated heterocycles. The van der Waals surface area contributed by atoms with Crippen LogP contribution >= 0.6 is 12.6 Å². The first kappa shape index (κ1) is 34.2. The van der Waals surface area contributed by atoms with Gasteiger partial charge in [0, 0.05) is 23.1 Å². The minimum absolute atomic E-state index is 0.0523. The number of fused-ring (bicyclic) bond motifs is 6. The minimum atomic E-state index is -2.74. The molecule has 0 radical (unpaired) electrons. The van der Waals surface area contributed by atoms with Crippen molar-refractivity contribution in [3.05, 3.63) is 106 Å². The number of nitrogens with one attached hydrogen (secondary N) is 2. The Morgan fingerprint density at radius 1 is 1.02 bits per heavy atom. The van der Waals surface area contributed by atoms with Crippen molar-refractivity contribution in [1.82, 2.24) is 10.2 Å². The number of alkyl carbamates (subject to hydrolysis) is 1. The Morgan fingerprint density at radius 2 is 1.65 bits per heavy atom. The summed E-state index contributed by atoms with van der Waals surface area (Å²) in [6, 6.07) is 17.6. The average Bonchev–Trinajstić information content (AvgIpc) is 3.40. The molecular weight excluding hydrogens is 676 g/mol. The van der Waals surface area contributed by atoms with Crippen LogP contribution in [0.3, 0.4) is 0 Å². The van der Waals surface area contributed by atoms with Gasteiger partial charge in [-0.2, -0.15) is 0 Å². The van der Waals surface area contributed by atoms with Gasteiger partial charge in [0.25, 0.3) is 5.91 Å². The number of likely N-dealkylation sites (N-methyl/N-ethyl adjacent to an activating group) is 1. The normalized spacial score (nSPS) is 24.3. The van der Waals surface area contributed by atoms with Gasteiger partial charge in [0.15, 0.2) is 11.4 Å². The van der Waals surface area contributed by atoms with E-state index in [1.54, 1.807) is 14.1 Å². The van der Waals surface area contributed by atoms with Crippen LogP contribution in [0.2, 0.25) is 0 Å². The maximum atomic E-state index is 14.0. The molecular formula is C37H36N4O9S. The van der Waals surface area contributed by atoms with Gasteiger partial charge in [-0.3, -0.25) is 24.6 Å². The third kappa shape index (κ3) is 5.24. The van der Waals surface area contributed by atoms with Crippen LogP contribution in [0, 0.1) is 11.8 Å². The number of nitrogens with zero attached hydrogens (tertiary/aromatic N) is 1. The fraction of sp³-hybridized carbons (Fsp3) is 0.297. The topological polar surface area (TPSA) is 212 Å². The van der Waals surface area contributed by atoms with Crippen molar-refractivity contribution >= 4 is 41.9 Å². The molecule has 264 valence electrons. The molecule has 3 aromatic carbocycles. The second-order valence-corrected chi connectivity index (χ2v) is 14.0. The largest absolute Gasteiger partial charge is 0.510 e. The monoisotopic (exact) mass is 712 g/mol. The number of allylic oxidation sites excluding steroid dienone is 1. The Kier molecular flexibility index (Phi) is 8.35. The van der Waals surface area contributed by atoms with Crippen LogP contribution in [0.1, 0.15) is 39.4 Å². The molecule has 0 aliphatic heterocycles. The summed E-state index contributed by atoms with van der Waals surface area (Å²) >= 11 is 4.48. The van der Waals surface area contributed by atoms with E-state index in [0.717, 1.165) is 22.3 Å². The third-order valence-electron chi connectivity index (χ3n) is 10.5. The molecule has 13 nitrogen and oxygen atoms in total. The van der Waals surface area contributed by atoms with Gasteiger partial charge in [-0.05, 0) is 72.8 Å². The summed E-state index contributed by atoms with van der Waals surface area (Å²) in [6.45, 7) is 0.0827. The zero-order valence-electron chi connectivity index (χ0n) is 27.6. The standard InChI is InChI=1S/C37H36N4O9S/c1-41(2)29-23-14-16-13-21-24(11-12-25(42)27(21)30(43)26(16)32(45)37(23,49)33(46)28(31(29)44)34(38)47)39-35(51)40-36(48)50-15-22-19-9-5-3-7-17(19)18-8-4-6-10-20(18)22/h3-12,16,22-23,29,35,39,42,44-45,49,51H,13-15H2,1-2H3,(H2,38,47)(H,40,48)/t16?,23?,29-,35?,37-/m0/s1. The second kappa shape index (κ2) is 12.5. The number of phenols is 1. The zero-order valence-corrected chi connectivity index (χ0v) is 28.5. The Hall–Kier alpha value is -5.31. The lowest BCUT2D eigenvalue weighted by molar-refractivity contribution is -0.148. The fourth-order valence-electron chi connectivity index (χ4n) is 8.32. The maximum Gasteiger partial charge on any atom is 0.409 e. The number of aliphatic hydroxyl groups excluding tert-OH is 2. The number of primary amides is 1. The molecule has 0 bridgehead atoms. The van der Waals surface area contributed by atoms with Gasteiger partial charge >= 0.3 is 6.09 Å². The number of aromatic hydroxyl groups is 1. The fourth-order valence-corrected chi connectivity index (χ4v) is 8.57. The molecule has 3 unspecified atom stereocenters. The number of carbonyl (C=O) groups excluding carboxylic acids is 4. The number of ketones is 2. The Bertz CT molecular complexity index is 2050. The van der Waals surface area contributed by atoms with E-state index in [0.29, 0.717) is 11.3 Å². The molecule has 0 spiro atoms. The number of rotatable bonds is 7. The molecule has 5 atom stereocenters. The van der Waals surface area contributed by atoms with Crippen LogP contribution in [0.25, 0.3) is 11.1 Å². The summed E-state index contributed by atoms with van der Waals surface area (Å²) in [5, 5.41) is 50.8. The lowest BCUT2D eigenvalue weighted by atomic mass is 9.58. The van der Waals surface area contributed by atoms with Crippen LogP contribution in [0.4, 0.5) is 10.5 Å². The van der Waals surface area contributed by atoms with E-state index in [4.69, 9.17) is 10.5 Å². The van der Waals surface area contributed by atoms with Gasteiger partial charge in [0.05, 0.1) is 11.6 Å². The van der Waals surface area contributed by atoms with Crippen molar-refractivity contribution in [2.75, 3.05) is 26.0 Å². The van der Waals surface area contributed by atoms with Crippen LogP contribution in [0.5, 0.6) is 5.75 Å². The Morgan fingerprint density at radius 3 is 2.25 bits per heavy atom. The number of thiol groups is 1. The highest BCUT2D eigenvalue weighted by molar-refractivity contribution is 7.81. The number of nitrogens with two attached hydrogens (primary N) is 1. The molecule has 4 aliphatic carbocycles. The SMILES string of the molecule is CN(C)[C@@H]1C(O)=C(C(N)=O)C(=O)[C@@]2(O)C(O)=C3C(=O)c4c(O)ccc(NC(S)NC(=O)OCC5c6ccccc6-c6ccccc65)c4CC3CC12. The number of carbonyl (C=O) groups is 4. The highest BCUT2D eigenvalue weighted by atomic mass is 32.1. The zero-order chi connectivity index (χ0) is 36.5. The lowest BCUT2D eigenvalue weighted by Gasteiger charge is -2.50. The van der Waals surface area contributed by atoms with E-state index in [1.165, 1.54) is 17.0 Å². The highest BCUT2D eigenvalue weighted by Gasteiger charge is 2.63. The van der Waals surface area contributed by atoms with Crippen molar-refractivity contribution in [2.45, 2.75) is 35.9 Å². The van der Waals surface area contributed by atoms with Gasteiger partial charge in [-0.1, -0.05) is 48.5 Å². The number of hydrogen-bond donors (Lipinski definition) is 8. The molecule has 7 rings (SSSR count). The van der Waals surface area contributed by atoms with E-state index < -0.39 is 75.4 Å². The first-order valence-electron chi connectivity index (χ1n) is 16.3. The van der Waals surface area contributed by atoms with Gasteiger partial charge in [0.2, 0.25) is 5.78 Å². The number of benzene rings is 3. The Labute approximate surface area is 297 Å². The number of hydrogen-bond acceptors (Lipinski definition) is 12. The highest BCUT2D eigenvalue weighted by Crippen LogP contribution is 2.53. The molecule has 0 heterocycles. The Balaban J connectivity index is 1.12. The summed E-state index contributed by atoms with van der Waals surface area (Å²) in [5.74, 6) is -7.54. The van der Waals surface area contributed by atoms with E-state index >= 15 is 0 Å². The van der Waals surface area contributed by atoms with Crippen molar-refractivity contribution in [2.24, 2.45) is 17.6 Å². The molecule has 4 aliphatic rings. The number of Topliss-reactive ketones (excluding diaryl/α,β-unsaturated/α-hetero) is 2. The van der Waals surface area contributed by atoms with Crippen molar-refractivity contribution in [1.29, 1.82) is 0 Å². The molecule has 0 fully saturated rings. The van der Waals surface area contributed by atoms with E-state index in [1.807, 2.05) is 48.5 Å². The minimum Gasteiger partial charge on any atom is -0.510 e. The van der Waals surface area contributed by atoms with Gasteiger partial charge in [-0.15, -0.1) is 12.6 Å². The predicted octanol–water partition coefficient (Wildman–Crippen LogP) is 3.28. The molecule has 51 heavy (non-hydrogen) atoms. The summed E-state index contributed by atoms with van der Waals surface area (Å²) in [6.07, 6.45) is -0.755. The van der Waals surface area contributed by atoms with E-state index in [9.17, 15) is 39.6 Å². The van der Waals surface area contributed by atoms with Crippen LogP contribution < -0.4 is 16.4 Å². The number of ether oxygens (including phenoxy) is 1. The van der Waals surface area contributed by atoms with Gasteiger partial charge < -0.3 is 36.2 Å². The molecule has 8 N–H and O–H groups in total. The van der Waals surface area contributed by atoms with E-state index in [2.05, 4.69) is 23.3 Å². The van der Waals surface area contributed by atoms with Crippen molar-refractivity contribution < 1.29 is 44.3 Å². The van der Waals surface area contributed by atoms with Crippen LogP contribution in [0.15, 0.2) is 83.3 Å². The summed E-state index contributed by atoms with van der Waals surface area (Å²) in [4.78, 5) is 54.1. The van der Waals surface area contributed by atoms with Crippen molar-refractivity contribution in [3.8, 4) is 16.9 Å². The number of anilines is 1. The smallest absolute Gasteiger partial charge is 0.409 e. The number of phenolic OH excluding ortho intramolecular Hbond substituents is 1. The molecule has 14 heteroatoms. The first-order valence-corrected chi connectivity index (χ1v) is 16.8. The molecule has 2 amide bonds. The number of amides is 2. The molecule has 0 aromatic heterocycles. The van der Waals surface area contributed by atoms with Crippen LogP contribution in [-0.2, 0) is 20.7 Å². The number of aliphatic hydroxyl groups is 3. The van der Waals surface area contributed by atoms with Crippen molar-refractivity contribution in [3.63, 3.8) is 0 Å². The summed E-state index contributed by atoms with van der Waals surface area (Å²) < 4.78 is 5.63. The quantitative estimate of drug-likeness (QED) is 0.0771. The van der Waals surface area contributed by atoms with Crippen LogP contribution in [-0.4, -0.2) is 86.7 Å².